The molecule has 0 saturated carbocycles. The number of aliphatic imine (C=N–C) groups is 1. The van der Waals surface area contributed by atoms with Crippen molar-refractivity contribution in [2.24, 2.45) is 10.7 Å². The molecule has 0 radical (unpaired) electrons. The van der Waals surface area contributed by atoms with Gasteiger partial charge < -0.3 is 20.5 Å². The number of benzene rings is 2. The summed E-state index contributed by atoms with van der Waals surface area (Å²) in [6.07, 6.45) is 10.9. The molecule has 0 saturated heterocycles. The van der Waals surface area contributed by atoms with Gasteiger partial charge in [0.15, 0.2) is 5.96 Å². The first-order chi connectivity index (χ1) is 19.3. The van der Waals surface area contributed by atoms with Crippen LogP contribution in [0.2, 0.25) is 0 Å². The Morgan fingerprint density at radius 1 is 1.10 bits per heavy atom. The third-order valence-electron chi connectivity index (χ3n) is 9.02. The molecule has 7 rings (SSSR count). The second-order valence-electron chi connectivity index (χ2n) is 12.5. The molecule has 40 heavy (non-hydrogen) atoms. The lowest BCUT2D eigenvalue weighted by atomic mass is 9.84. The van der Waals surface area contributed by atoms with Crippen molar-refractivity contribution in [1.29, 1.82) is 0 Å². The third-order valence-corrected chi connectivity index (χ3v) is 9.02. The van der Waals surface area contributed by atoms with Crippen LogP contribution >= 0.6 is 0 Å². The van der Waals surface area contributed by atoms with E-state index in [-0.39, 0.29) is 23.6 Å². The summed E-state index contributed by atoms with van der Waals surface area (Å²) in [5.41, 5.74) is 10.6. The van der Waals surface area contributed by atoms with Gasteiger partial charge in [0.25, 0.3) is 0 Å². The zero-order valence-electron chi connectivity index (χ0n) is 24.0. The maximum absolute atomic E-state index is 13.7. The lowest BCUT2D eigenvalue weighted by Gasteiger charge is -2.42. The second-order valence-corrected chi connectivity index (χ2v) is 12.5. The SMILES string of the molecule is CC[C@@]12CCC/C=C\Cc3ccc4c(c3)[C@H](CC(C)(C)O4)NCc3ccc4c(c3)[C@@H](CCO4)N(C(=O)C1)C(N)=N2. The van der Waals surface area contributed by atoms with Crippen LogP contribution < -0.4 is 20.5 Å². The molecule has 0 unspecified atom stereocenters. The van der Waals surface area contributed by atoms with Crippen LogP contribution in [0.3, 0.4) is 0 Å². The molecule has 0 aromatic heterocycles. The van der Waals surface area contributed by atoms with Crippen molar-refractivity contribution in [3.63, 3.8) is 0 Å². The van der Waals surface area contributed by atoms with Crippen LogP contribution in [0.25, 0.3) is 0 Å². The number of rotatable bonds is 1. The number of ether oxygens (including phenoxy) is 2. The van der Waals surface area contributed by atoms with E-state index in [4.69, 9.17) is 20.2 Å². The number of hydrogen-bond acceptors (Lipinski definition) is 6. The van der Waals surface area contributed by atoms with E-state index in [1.165, 1.54) is 11.1 Å². The van der Waals surface area contributed by atoms with Crippen LogP contribution in [0.5, 0.6) is 11.5 Å². The van der Waals surface area contributed by atoms with Gasteiger partial charge in [0, 0.05) is 36.6 Å². The van der Waals surface area contributed by atoms with Gasteiger partial charge in [-0.15, -0.1) is 0 Å². The number of nitrogens with two attached hydrogens (primary N) is 1. The topological polar surface area (TPSA) is 89.2 Å². The number of hydrogen-bond donors (Lipinski definition) is 2. The number of carbonyl (C=O) groups is 1. The van der Waals surface area contributed by atoms with Crippen LogP contribution in [-0.2, 0) is 17.8 Å². The highest BCUT2D eigenvalue weighted by Crippen LogP contribution is 2.42. The fourth-order valence-corrected chi connectivity index (χ4v) is 6.83. The number of fused-ring (bicyclic) bond motifs is 6. The minimum atomic E-state index is -0.423. The first kappa shape index (κ1) is 26.9. The van der Waals surface area contributed by atoms with Gasteiger partial charge in [-0.25, -0.2) is 4.99 Å². The molecule has 7 heteroatoms. The normalized spacial score (nSPS) is 28.6. The van der Waals surface area contributed by atoms with Crippen molar-refractivity contribution < 1.29 is 14.3 Å². The van der Waals surface area contributed by atoms with Crippen molar-refractivity contribution >= 4 is 11.9 Å². The standard InChI is InChI=1S/C33H42N4O3/c1-4-33-15-8-6-5-7-9-22-10-13-29-24(17-22)26(19-32(2,3)40-29)35-21-23-11-12-28-25(18-23)27(14-16-39-28)37(30(38)20-33)31(34)36-33/h5,7,10-13,17-18,26-27,35H,4,6,8-9,14-16,19-21H2,1-3H3,(H2,34,36)/b7-5-/t26-,27+,33+/m0/s1. The van der Waals surface area contributed by atoms with Crippen LogP contribution in [0.15, 0.2) is 53.5 Å². The lowest BCUT2D eigenvalue weighted by molar-refractivity contribution is -0.132. The summed E-state index contributed by atoms with van der Waals surface area (Å²) >= 11 is 0. The predicted molar refractivity (Wildman–Crippen MR) is 157 cm³/mol. The zero-order chi connectivity index (χ0) is 27.9. The molecule has 0 spiro atoms. The molecular formula is C33H42N4O3. The van der Waals surface area contributed by atoms with Crippen molar-refractivity contribution in [2.75, 3.05) is 6.61 Å². The van der Waals surface area contributed by atoms with Crippen molar-refractivity contribution in [3.8, 4) is 11.5 Å². The lowest BCUT2D eigenvalue weighted by Crippen LogP contribution is -2.53. The highest BCUT2D eigenvalue weighted by molar-refractivity contribution is 5.99. The van der Waals surface area contributed by atoms with E-state index in [9.17, 15) is 4.79 Å². The van der Waals surface area contributed by atoms with E-state index in [1.807, 2.05) is 6.07 Å². The van der Waals surface area contributed by atoms with Gasteiger partial charge in [-0.1, -0.05) is 37.3 Å². The van der Waals surface area contributed by atoms with E-state index < -0.39 is 5.54 Å². The molecule has 0 aliphatic carbocycles. The van der Waals surface area contributed by atoms with Crippen molar-refractivity contribution in [2.45, 2.75) is 102 Å². The number of amides is 1. The largest absolute Gasteiger partial charge is 0.493 e. The van der Waals surface area contributed by atoms with E-state index in [0.29, 0.717) is 32.0 Å². The van der Waals surface area contributed by atoms with Gasteiger partial charge in [-0.05, 0) is 75.3 Å². The Hall–Kier alpha value is -3.32. The number of nitrogens with one attached hydrogen (secondary N) is 1. The molecule has 1 amide bonds. The van der Waals surface area contributed by atoms with Crippen LogP contribution in [0.1, 0.15) is 100 Å². The summed E-state index contributed by atoms with van der Waals surface area (Å²) in [5.74, 6) is 2.20. The third kappa shape index (κ3) is 5.24. The summed E-state index contributed by atoms with van der Waals surface area (Å²) in [6.45, 7) is 7.67. The van der Waals surface area contributed by atoms with Gasteiger partial charge in [-0.2, -0.15) is 0 Å². The highest BCUT2D eigenvalue weighted by atomic mass is 16.5. The molecule has 2 aromatic carbocycles. The van der Waals surface area contributed by atoms with E-state index in [2.05, 4.69) is 68.6 Å². The molecule has 7 nitrogen and oxygen atoms in total. The van der Waals surface area contributed by atoms with Gasteiger partial charge in [0.05, 0.1) is 24.6 Å². The summed E-state index contributed by atoms with van der Waals surface area (Å²) in [7, 11) is 0. The fourth-order valence-electron chi connectivity index (χ4n) is 6.83. The van der Waals surface area contributed by atoms with Crippen LogP contribution in [-0.4, -0.2) is 34.5 Å². The Morgan fingerprint density at radius 2 is 1.90 bits per heavy atom. The second kappa shape index (κ2) is 10.6. The Bertz CT molecular complexity index is 1350. The van der Waals surface area contributed by atoms with Crippen LogP contribution in [0, 0.1) is 0 Å². The van der Waals surface area contributed by atoms with Gasteiger partial charge in [-0.3, -0.25) is 9.69 Å². The minimum absolute atomic E-state index is 0.0659. The van der Waals surface area contributed by atoms with E-state index in [1.54, 1.807) is 4.90 Å². The average Bonchev–Trinajstić information content (AvgIpc) is 2.92. The molecule has 5 aliphatic heterocycles. The highest BCUT2D eigenvalue weighted by Gasteiger charge is 2.42. The summed E-state index contributed by atoms with van der Waals surface area (Å²) in [6, 6.07) is 13.0. The molecule has 2 aromatic rings. The van der Waals surface area contributed by atoms with Crippen molar-refractivity contribution in [1.82, 2.24) is 10.2 Å². The molecule has 3 N–H and O–H groups in total. The van der Waals surface area contributed by atoms with Crippen LogP contribution in [0.4, 0.5) is 0 Å². The quantitative estimate of drug-likeness (QED) is 0.439. The first-order valence-electron chi connectivity index (χ1n) is 14.9. The molecule has 5 aliphatic rings. The Morgan fingerprint density at radius 3 is 2.73 bits per heavy atom. The molecular weight excluding hydrogens is 500 g/mol. The monoisotopic (exact) mass is 542 g/mol. The first-order valence-corrected chi connectivity index (χ1v) is 14.9. The predicted octanol–water partition coefficient (Wildman–Crippen LogP) is 5.88. The smallest absolute Gasteiger partial charge is 0.232 e. The molecule has 3 atom stereocenters. The Labute approximate surface area is 237 Å². The zero-order valence-corrected chi connectivity index (χ0v) is 24.0. The van der Waals surface area contributed by atoms with Gasteiger partial charge in [0.2, 0.25) is 5.91 Å². The van der Waals surface area contributed by atoms with Crippen molar-refractivity contribution in [3.05, 3.63) is 70.8 Å². The van der Waals surface area contributed by atoms with E-state index in [0.717, 1.165) is 61.2 Å². The average molecular weight is 543 g/mol. The number of allylic oxidation sites excluding steroid dienone is 2. The number of guanidine groups is 1. The Kier molecular flexibility index (Phi) is 7.11. The molecule has 0 fully saturated rings. The molecule has 6 bridgehead atoms. The summed E-state index contributed by atoms with van der Waals surface area (Å²) in [5, 5.41) is 3.82. The molecule has 5 heterocycles. The molecule has 212 valence electrons. The number of nitrogens with zero attached hydrogens (tertiary/aromatic N) is 2. The Balaban J connectivity index is 1.38. The summed E-state index contributed by atoms with van der Waals surface area (Å²) < 4.78 is 12.4. The van der Waals surface area contributed by atoms with E-state index >= 15 is 0 Å². The number of carbonyl (C=O) groups excluding carboxylic acids is 1. The maximum atomic E-state index is 13.7. The maximum Gasteiger partial charge on any atom is 0.232 e. The minimum Gasteiger partial charge on any atom is -0.493 e. The van der Waals surface area contributed by atoms with Gasteiger partial charge >= 0.3 is 0 Å². The fraction of sp³-hybridized carbons (Fsp3) is 0.515. The summed E-state index contributed by atoms with van der Waals surface area (Å²) in [4.78, 5) is 20.4. The van der Waals surface area contributed by atoms with Gasteiger partial charge in [0.1, 0.15) is 17.1 Å².